The minimum Gasteiger partial charge on any atom is -0.733 e. The van der Waals surface area contributed by atoms with Gasteiger partial charge in [0.2, 0.25) is 5.16 Å². The Hall–Kier alpha value is -2.95. The fraction of sp³-hybridized carbons (Fsp3) is 0.125. The van der Waals surface area contributed by atoms with Crippen molar-refractivity contribution in [2.45, 2.75) is 10.5 Å². The minimum atomic E-state index is -0.196. The highest BCUT2D eigenvalue weighted by atomic mass is 32.2. The van der Waals surface area contributed by atoms with Crippen molar-refractivity contribution in [2.24, 2.45) is 0 Å². The number of hydrogen-bond acceptors (Lipinski definition) is 9. The van der Waals surface area contributed by atoms with E-state index in [0.29, 0.717) is 22.3 Å². The van der Waals surface area contributed by atoms with Crippen LogP contribution in [-0.4, -0.2) is 32.3 Å². The number of rotatable bonds is 4. The number of phenols is 1. The molecular formula is C16H14N5O4S-. The monoisotopic (exact) mass is 372 g/mol. The quantitative estimate of drug-likeness (QED) is 0.594. The van der Waals surface area contributed by atoms with Gasteiger partial charge in [0.15, 0.2) is 17.3 Å². The van der Waals surface area contributed by atoms with Gasteiger partial charge in [-0.25, -0.2) is 4.68 Å². The van der Waals surface area contributed by atoms with E-state index in [1.807, 2.05) is 0 Å². The Balaban J connectivity index is 1.64. The van der Waals surface area contributed by atoms with Gasteiger partial charge in [0.25, 0.3) is 0 Å². The molecule has 4 rings (SSSR count). The van der Waals surface area contributed by atoms with E-state index in [9.17, 15) is 10.3 Å². The van der Waals surface area contributed by atoms with Crippen molar-refractivity contribution in [1.82, 2.24) is 14.9 Å². The molecular weight excluding hydrogens is 358 g/mol. The molecule has 0 spiro atoms. The first-order valence-electron chi connectivity index (χ1n) is 7.59. The van der Waals surface area contributed by atoms with Crippen LogP contribution in [0.2, 0.25) is 0 Å². The normalized spacial score (nSPS) is 15.4. The van der Waals surface area contributed by atoms with Crippen molar-refractivity contribution in [3.63, 3.8) is 0 Å². The van der Waals surface area contributed by atoms with Crippen molar-refractivity contribution in [1.29, 1.82) is 0 Å². The molecule has 0 amide bonds. The summed E-state index contributed by atoms with van der Waals surface area (Å²) in [5.41, 5.74) is 4.91. The highest BCUT2D eigenvalue weighted by Gasteiger charge is 2.28. The van der Waals surface area contributed by atoms with Gasteiger partial charge < -0.3 is 25.7 Å². The first-order chi connectivity index (χ1) is 12.6. The summed E-state index contributed by atoms with van der Waals surface area (Å²) < 4.78 is 6.88. The van der Waals surface area contributed by atoms with Crippen LogP contribution >= 0.6 is 11.8 Å². The number of thioether (sulfide) groups is 1. The summed E-state index contributed by atoms with van der Waals surface area (Å²) in [4.78, 5) is 0. The van der Waals surface area contributed by atoms with E-state index in [2.05, 4.69) is 15.6 Å². The molecule has 0 saturated heterocycles. The van der Waals surface area contributed by atoms with Gasteiger partial charge in [0, 0.05) is 5.56 Å². The zero-order valence-corrected chi connectivity index (χ0v) is 14.3. The maximum absolute atomic E-state index is 11.1. The Kier molecular flexibility index (Phi) is 4.07. The fourth-order valence-electron chi connectivity index (χ4n) is 2.66. The van der Waals surface area contributed by atoms with Crippen LogP contribution in [-0.2, 0) is 0 Å². The number of fused-ring (bicyclic) bond motifs is 1. The first-order valence-corrected chi connectivity index (χ1v) is 8.47. The van der Waals surface area contributed by atoms with Gasteiger partial charge in [-0.1, -0.05) is 30.0 Å². The average molecular weight is 372 g/mol. The maximum atomic E-state index is 11.1. The summed E-state index contributed by atoms with van der Waals surface area (Å²) in [5, 5.41) is 38.6. The zero-order valence-electron chi connectivity index (χ0n) is 13.5. The largest absolute Gasteiger partial charge is 0.733 e. The number of aromatic nitrogens is 3. The molecule has 0 radical (unpaired) electrons. The van der Waals surface area contributed by atoms with Gasteiger partial charge in [0.1, 0.15) is 5.37 Å². The number of benzene rings is 2. The Labute approximate surface area is 152 Å². The molecule has 0 aliphatic carbocycles. The van der Waals surface area contributed by atoms with E-state index >= 15 is 0 Å². The number of hydrogen-bond donors (Lipinski definition) is 3. The molecule has 10 heteroatoms. The summed E-state index contributed by atoms with van der Waals surface area (Å²) in [5.74, 6) is 0.978. The lowest BCUT2D eigenvalue weighted by Gasteiger charge is -2.21. The smallest absolute Gasteiger partial charge is 0.212 e. The topological polar surface area (TPSA) is 119 Å². The molecule has 1 aliphatic rings. The molecule has 2 aromatic carbocycles. The van der Waals surface area contributed by atoms with Crippen molar-refractivity contribution in [3.05, 3.63) is 53.2 Å². The van der Waals surface area contributed by atoms with Crippen LogP contribution in [0.3, 0.4) is 0 Å². The number of phenolic OH excluding ortho intramolecular Hbond substituents is 1. The summed E-state index contributed by atoms with van der Waals surface area (Å²) >= 11 is 1.46. The number of nitrogens with zero attached hydrogens (tertiary/aromatic N) is 4. The summed E-state index contributed by atoms with van der Waals surface area (Å²) in [6, 6.07) is 11.6. The Morgan fingerprint density at radius 1 is 1.27 bits per heavy atom. The van der Waals surface area contributed by atoms with Crippen molar-refractivity contribution in [2.75, 3.05) is 17.8 Å². The number of methoxy groups -OCH3 is 1. The fourth-order valence-corrected chi connectivity index (χ4v) is 3.65. The minimum absolute atomic E-state index is 0.0716. The maximum Gasteiger partial charge on any atom is 0.212 e. The molecule has 26 heavy (non-hydrogen) atoms. The van der Waals surface area contributed by atoms with Crippen LogP contribution < -0.4 is 15.4 Å². The van der Waals surface area contributed by atoms with Gasteiger partial charge >= 0.3 is 0 Å². The Morgan fingerprint density at radius 2 is 2.12 bits per heavy atom. The summed E-state index contributed by atoms with van der Waals surface area (Å²) in [6.07, 6.45) is 0. The van der Waals surface area contributed by atoms with Crippen molar-refractivity contribution < 1.29 is 15.1 Å². The van der Waals surface area contributed by atoms with Crippen LogP contribution in [0.4, 0.5) is 5.69 Å². The lowest BCUT2D eigenvalue weighted by atomic mass is 10.2. The lowest BCUT2D eigenvalue weighted by Crippen LogP contribution is -2.14. The van der Waals surface area contributed by atoms with E-state index in [-0.39, 0.29) is 22.0 Å². The SMILES string of the molecule is COc1cc(C2Nn3c(nnc3-c3cccc(N([O-])O)c3)S2)ccc1O. The van der Waals surface area contributed by atoms with Gasteiger partial charge in [-0.05, 0) is 29.8 Å². The second-order valence-electron chi connectivity index (χ2n) is 5.52. The summed E-state index contributed by atoms with van der Waals surface area (Å²) in [6.45, 7) is 0. The molecule has 3 N–H and O–H groups in total. The number of ether oxygens (including phenoxy) is 1. The molecule has 1 unspecified atom stereocenters. The predicted molar refractivity (Wildman–Crippen MR) is 95.7 cm³/mol. The molecule has 0 bridgehead atoms. The van der Waals surface area contributed by atoms with Crippen molar-refractivity contribution >= 4 is 17.4 Å². The first kappa shape index (κ1) is 16.5. The zero-order chi connectivity index (χ0) is 18.3. The summed E-state index contributed by atoms with van der Waals surface area (Å²) in [7, 11) is 1.49. The van der Waals surface area contributed by atoms with Gasteiger partial charge in [-0.15, -0.1) is 10.2 Å². The molecule has 3 aromatic rings. The van der Waals surface area contributed by atoms with Gasteiger partial charge in [-0.2, -0.15) is 0 Å². The van der Waals surface area contributed by atoms with Gasteiger partial charge in [-0.3, -0.25) is 5.21 Å². The second kappa shape index (κ2) is 6.41. The second-order valence-corrected chi connectivity index (χ2v) is 6.60. The van der Waals surface area contributed by atoms with Crippen LogP contribution in [0, 0.1) is 5.21 Å². The average Bonchev–Trinajstić information content (AvgIpc) is 3.23. The van der Waals surface area contributed by atoms with Crippen LogP contribution in [0.1, 0.15) is 10.9 Å². The third-order valence-electron chi connectivity index (χ3n) is 3.93. The molecule has 134 valence electrons. The number of aromatic hydroxyl groups is 1. The molecule has 9 nitrogen and oxygen atoms in total. The highest BCUT2D eigenvalue weighted by Crippen LogP contribution is 2.42. The molecule has 1 aromatic heterocycles. The molecule has 1 atom stereocenters. The van der Waals surface area contributed by atoms with E-state index in [0.717, 1.165) is 5.56 Å². The lowest BCUT2D eigenvalue weighted by molar-refractivity contribution is 0.296. The van der Waals surface area contributed by atoms with Crippen LogP contribution in [0.15, 0.2) is 47.6 Å². The Bertz CT molecular complexity index is 962. The highest BCUT2D eigenvalue weighted by molar-refractivity contribution is 7.99. The van der Waals surface area contributed by atoms with Crippen molar-refractivity contribution in [3.8, 4) is 22.9 Å². The predicted octanol–water partition coefficient (Wildman–Crippen LogP) is 2.70. The van der Waals surface area contributed by atoms with E-state index in [4.69, 9.17) is 9.94 Å². The number of anilines is 1. The van der Waals surface area contributed by atoms with E-state index in [1.54, 1.807) is 35.0 Å². The molecule has 2 heterocycles. The molecule has 0 saturated carbocycles. The number of nitrogens with one attached hydrogen (secondary N) is 1. The standard InChI is InChI=1S/C16H14N5O4S/c1-25-13-8-10(5-6-12(13)22)15-19-20-14(17-18-16(20)26-15)9-3-2-4-11(7-9)21(23)24/h2-8,15,19,22-23H,1H3/q-1. The van der Waals surface area contributed by atoms with E-state index < -0.39 is 0 Å². The molecule has 0 fully saturated rings. The third kappa shape index (κ3) is 2.79. The Morgan fingerprint density at radius 3 is 2.88 bits per heavy atom. The van der Waals surface area contributed by atoms with Crippen LogP contribution in [0.25, 0.3) is 11.4 Å². The van der Waals surface area contributed by atoms with Gasteiger partial charge in [0.05, 0.1) is 12.8 Å². The van der Waals surface area contributed by atoms with E-state index in [1.165, 1.54) is 31.0 Å². The third-order valence-corrected chi connectivity index (χ3v) is 5.02. The van der Waals surface area contributed by atoms with Crippen LogP contribution in [0.5, 0.6) is 11.5 Å². The molecule has 1 aliphatic heterocycles.